The number of aldehydes is 1. The van der Waals surface area contributed by atoms with Crippen LogP contribution in [-0.2, 0) is 22.6 Å². The average Bonchev–Trinajstić information content (AvgIpc) is 3.51. The fraction of sp³-hybridized carbons (Fsp3) is 0.280. The highest BCUT2D eigenvalue weighted by Gasteiger charge is 2.24. The first-order chi connectivity index (χ1) is 17.0. The van der Waals surface area contributed by atoms with Gasteiger partial charge in [0, 0.05) is 47.1 Å². The van der Waals surface area contributed by atoms with E-state index in [1.807, 2.05) is 22.3 Å². The highest BCUT2D eigenvalue weighted by molar-refractivity contribution is 7.17. The summed E-state index contributed by atoms with van der Waals surface area (Å²) in [4.78, 5) is 20.8. The van der Waals surface area contributed by atoms with E-state index in [-0.39, 0.29) is 5.82 Å². The summed E-state index contributed by atoms with van der Waals surface area (Å²) in [6.45, 7) is 6.30. The van der Waals surface area contributed by atoms with Crippen molar-refractivity contribution >= 4 is 27.7 Å². The summed E-state index contributed by atoms with van der Waals surface area (Å²) in [7, 11) is 3.68. The lowest BCUT2D eigenvalue weighted by molar-refractivity contribution is -0.104. The lowest BCUT2D eigenvalue weighted by Gasteiger charge is -2.21. The molecule has 182 valence electrons. The van der Waals surface area contributed by atoms with Gasteiger partial charge in [0.25, 0.3) is 0 Å². The van der Waals surface area contributed by atoms with E-state index in [4.69, 9.17) is 29.3 Å². The number of thiophene rings is 1. The number of hydrogen-bond donors (Lipinski definition) is 0. The van der Waals surface area contributed by atoms with Crippen LogP contribution < -0.4 is 4.74 Å². The van der Waals surface area contributed by atoms with Crippen molar-refractivity contribution in [1.82, 2.24) is 24.6 Å². The molecule has 0 aliphatic carbocycles. The Hall–Kier alpha value is -3.47. The fourth-order valence-electron chi connectivity index (χ4n) is 3.76. The second kappa shape index (κ2) is 11.3. The van der Waals surface area contributed by atoms with Crippen molar-refractivity contribution in [3.05, 3.63) is 60.1 Å². The monoisotopic (exact) mass is 495 g/mol. The Bertz CT molecular complexity index is 1330. The first-order valence-electron chi connectivity index (χ1n) is 11.0. The summed E-state index contributed by atoms with van der Waals surface area (Å²) in [6, 6.07) is 6.61. The SMILES string of the molecule is C=CC=O.COCCOc1cc(F)ccc1-c1c(-c2nc3n(n2)CCN(C)C3)ncc2ccsc12. The molecule has 1 aliphatic heterocycles. The van der Waals surface area contributed by atoms with Crippen LogP contribution >= 0.6 is 11.3 Å². The molecule has 10 heteroatoms. The number of pyridine rings is 1. The molecule has 0 spiro atoms. The molecule has 0 atom stereocenters. The second-order valence-electron chi connectivity index (χ2n) is 7.85. The van der Waals surface area contributed by atoms with Crippen LogP contribution in [0.1, 0.15) is 5.82 Å². The van der Waals surface area contributed by atoms with Gasteiger partial charge in [-0.1, -0.05) is 6.58 Å². The summed E-state index contributed by atoms with van der Waals surface area (Å²) in [5.41, 5.74) is 2.29. The Morgan fingerprint density at radius 2 is 2.09 bits per heavy atom. The van der Waals surface area contributed by atoms with Crippen molar-refractivity contribution in [2.45, 2.75) is 13.1 Å². The molecule has 0 radical (unpaired) electrons. The van der Waals surface area contributed by atoms with E-state index in [2.05, 4.69) is 18.5 Å². The number of benzene rings is 1. The maximum atomic E-state index is 14.1. The van der Waals surface area contributed by atoms with Crippen molar-refractivity contribution < 1.29 is 18.7 Å². The maximum absolute atomic E-state index is 14.1. The molecule has 1 aliphatic rings. The van der Waals surface area contributed by atoms with E-state index < -0.39 is 0 Å². The van der Waals surface area contributed by atoms with Gasteiger partial charge >= 0.3 is 0 Å². The van der Waals surface area contributed by atoms with Crippen molar-refractivity contribution in [2.75, 3.05) is 33.9 Å². The number of hydrogen-bond acceptors (Lipinski definition) is 8. The third kappa shape index (κ3) is 5.45. The van der Waals surface area contributed by atoms with Crippen LogP contribution in [0.3, 0.4) is 0 Å². The van der Waals surface area contributed by atoms with Gasteiger partial charge in [0.05, 0.1) is 19.7 Å². The minimum atomic E-state index is -0.359. The average molecular weight is 496 g/mol. The molecule has 0 fully saturated rings. The minimum Gasteiger partial charge on any atom is -0.490 e. The molecule has 0 saturated carbocycles. The largest absolute Gasteiger partial charge is 0.490 e. The lowest BCUT2D eigenvalue weighted by atomic mass is 10.0. The van der Waals surface area contributed by atoms with E-state index in [9.17, 15) is 4.39 Å². The molecule has 1 aromatic carbocycles. The predicted molar refractivity (Wildman–Crippen MR) is 134 cm³/mol. The quantitative estimate of drug-likeness (QED) is 0.216. The molecular weight excluding hydrogens is 469 g/mol. The summed E-state index contributed by atoms with van der Waals surface area (Å²) < 4.78 is 28.0. The first kappa shape index (κ1) is 24.6. The Labute approximate surface area is 206 Å². The Kier molecular flexibility index (Phi) is 7.96. The maximum Gasteiger partial charge on any atom is 0.200 e. The molecule has 0 bridgehead atoms. The summed E-state index contributed by atoms with van der Waals surface area (Å²) in [5, 5.41) is 7.78. The van der Waals surface area contributed by atoms with Crippen molar-refractivity contribution in [1.29, 1.82) is 0 Å². The molecule has 8 nitrogen and oxygen atoms in total. The Morgan fingerprint density at radius 3 is 2.86 bits per heavy atom. The van der Waals surface area contributed by atoms with Gasteiger partial charge in [-0.25, -0.2) is 14.1 Å². The molecule has 0 unspecified atom stereocenters. The van der Waals surface area contributed by atoms with Crippen LogP contribution in [0.2, 0.25) is 0 Å². The lowest BCUT2D eigenvalue weighted by Crippen LogP contribution is -2.30. The van der Waals surface area contributed by atoms with Crippen molar-refractivity contribution in [2.24, 2.45) is 0 Å². The number of aromatic nitrogens is 4. The first-order valence-corrected chi connectivity index (χ1v) is 11.9. The third-order valence-electron chi connectivity index (χ3n) is 5.41. The Balaban J connectivity index is 0.000000672. The standard InChI is InChI=1S/C22H22FN5O2S.C3H4O/c1-27-6-7-28-18(13-27)25-22(26-28)20-19(21-14(12-24-20)5-10-31-21)16-4-3-15(23)11-17(16)30-9-8-29-2;1-2-3-4/h3-5,10-12H,6-9,13H2,1-2H3;2-3H,1H2. The molecule has 4 aromatic rings. The van der Waals surface area contributed by atoms with Gasteiger partial charge in [0.1, 0.15) is 36.0 Å². The minimum absolute atomic E-state index is 0.319. The fourth-order valence-corrected chi connectivity index (χ4v) is 4.70. The smallest absolute Gasteiger partial charge is 0.200 e. The van der Waals surface area contributed by atoms with E-state index in [1.54, 1.807) is 24.5 Å². The van der Waals surface area contributed by atoms with Gasteiger partial charge in [-0.2, -0.15) is 0 Å². The zero-order valence-corrected chi connectivity index (χ0v) is 20.4. The van der Waals surface area contributed by atoms with Gasteiger partial charge in [-0.05, 0) is 36.7 Å². The molecule has 5 rings (SSSR count). The number of rotatable bonds is 7. The van der Waals surface area contributed by atoms with E-state index in [1.165, 1.54) is 18.2 Å². The van der Waals surface area contributed by atoms with Crippen LogP contribution in [0, 0.1) is 5.82 Å². The van der Waals surface area contributed by atoms with Gasteiger partial charge in [-0.15, -0.1) is 16.4 Å². The van der Waals surface area contributed by atoms with Gasteiger partial charge < -0.3 is 9.47 Å². The van der Waals surface area contributed by atoms with Crippen molar-refractivity contribution in [3.63, 3.8) is 0 Å². The van der Waals surface area contributed by atoms with Gasteiger partial charge in [0.15, 0.2) is 0 Å². The molecule has 0 saturated heterocycles. The number of fused-ring (bicyclic) bond motifs is 2. The summed E-state index contributed by atoms with van der Waals surface area (Å²) in [5.74, 6) is 1.58. The number of carbonyl (C=O) groups is 1. The normalized spacial score (nSPS) is 13.1. The molecule has 0 N–H and O–H groups in total. The second-order valence-corrected chi connectivity index (χ2v) is 8.77. The summed E-state index contributed by atoms with van der Waals surface area (Å²) in [6.07, 6.45) is 3.67. The topological polar surface area (TPSA) is 82.4 Å². The number of carbonyl (C=O) groups excluding carboxylic acids is 1. The van der Waals surface area contributed by atoms with Crippen molar-refractivity contribution in [3.8, 4) is 28.4 Å². The van der Waals surface area contributed by atoms with Gasteiger partial charge in [0.2, 0.25) is 5.82 Å². The number of halogens is 1. The van der Waals surface area contributed by atoms with Crippen LogP contribution in [-0.4, -0.2) is 64.9 Å². The predicted octanol–water partition coefficient (Wildman–Crippen LogP) is 4.20. The number of likely N-dealkylation sites (N-methyl/N-ethyl adjacent to an activating group) is 1. The zero-order chi connectivity index (χ0) is 24.8. The number of allylic oxidation sites excluding steroid dienone is 1. The third-order valence-corrected chi connectivity index (χ3v) is 6.36. The van der Waals surface area contributed by atoms with Crippen LogP contribution in [0.15, 0.2) is 48.5 Å². The molecule has 0 amide bonds. The van der Waals surface area contributed by atoms with Crippen LogP contribution in [0.25, 0.3) is 32.7 Å². The molecule has 4 heterocycles. The molecule has 35 heavy (non-hydrogen) atoms. The highest BCUT2D eigenvalue weighted by atomic mass is 32.1. The van der Waals surface area contributed by atoms with E-state index in [0.29, 0.717) is 36.8 Å². The molecular formula is C25H26FN5O3S. The molecule has 3 aromatic heterocycles. The highest BCUT2D eigenvalue weighted by Crippen LogP contribution is 2.42. The van der Waals surface area contributed by atoms with Gasteiger partial charge in [-0.3, -0.25) is 14.7 Å². The summed E-state index contributed by atoms with van der Waals surface area (Å²) >= 11 is 1.61. The number of ether oxygens (including phenoxy) is 2. The Morgan fingerprint density at radius 1 is 1.26 bits per heavy atom. The van der Waals surface area contributed by atoms with Crippen LogP contribution in [0.5, 0.6) is 5.75 Å². The van der Waals surface area contributed by atoms with E-state index >= 15 is 0 Å². The van der Waals surface area contributed by atoms with E-state index in [0.717, 1.165) is 46.7 Å². The number of methoxy groups -OCH3 is 1. The van der Waals surface area contributed by atoms with Crippen LogP contribution in [0.4, 0.5) is 4.39 Å². The number of nitrogens with zero attached hydrogens (tertiary/aromatic N) is 5. The zero-order valence-electron chi connectivity index (χ0n) is 19.6.